The Morgan fingerprint density at radius 1 is 1.30 bits per heavy atom. The Bertz CT molecular complexity index is 752. The number of anilines is 2. The van der Waals surface area contributed by atoms with E-state index in [1.54, 1.807) is 36.4 Å². The summed E-state index contributed by atoms with van der Waals surface area (Å²) in [6, 6.07) is 12.3. The lowest BCUT2D eigenvalue weighted by Crippen LogP contribution is -2.22. The van der Waals surface area contributed by atoms with Gasteiger partial charge < -0.3 is 15.4 Å². The second-order valence-electron chi connectivity index (χ2n) is 4.89. The quantitative estimate of drug-likeness (QED) is 0.879. The number of amides is 1. The lowest BCUT2D eigenvalue weighted by Gasteiger charge is -2.13. The number of nitriles is 1. The molecule has 118 valence electrons. The van der Waals surface area contributed by atoms with E-state index in [0.717, 1.165) is 11.3 Å². The summed E-state index contributed by atoms with van der Waals surface area (Å²) in [6.07, 6.45) is 0. The number of rotatable bonds is 5. The first-order valence-corrected chi connectivity index (χ1v) is 7.29. The topological polar surface area (TPSA) is 74.2 Å². The van der Waals surface area contributed by atoms with E-state index in [4.69, 9.17) is 21.6 Å². The van der Waals surface area contributed by atoms with Gasteiger partial charge in [0.05, 0.1) is 31.0 Å². The van der Waals surface area contributed by atoms with Gasteiger partial charge in [-0.1, -0.05) is 11.6 Å². The van der Waals surface area contributed by atoms with E-state index < -0.39 is 0 Å². The summed E-state index contributed by atoms with van der Waals surface area (Å²) < 4.78 is 5.22. The number of benzene rings is 2. The molecule has 2 aromatic carbocycles. The molecule has 0 radical (unpaired) electrons. The van der Waals surface area contributed by atoms with Gasteiger partial charge >= 0.3 is 0 Å². The summed E-state index contributed by atoms with van der Waals surface area (Å²) in [7, 11) is 1.52. The average Bonchev–Trinajstić information content (AvgIpc) is 2.56. The van der Waals surface area contributed by atoms with Gasteiger partial charge in [-0.3, -0.25) is 4.79 Å². The van der Waals surface area contributed by atoms with Gasteiger partial charge in [-0.25, -0.2) is 0 Å². The maximum absolute atomic E-state index is 12.1. The molecule has 1 amide bonds. The Morgan fingerprint density at radius 2 is 2.00 bits per heavy atom. The lowest BCUT2D eigenvalue weighted by atomic mass is 10.2. The fourth-order valence-corrected chi connectivity index (χ4v) is 2.12. The van der Waals surface area contributed by atoms with E-state index in [9.17, 15) is 4.79 Å². The summed E-state index contributed by atoms with van der Waals surface area (Å²) in [5.41, 5.74) is 2.75. The van der Waals surface area contributed by atoms with Crippen molar-refractivity contribution in [3.8, 4) is 11.8 Å². The van der Waals surface area contributed by atoms with E-state index in [1.807, 2.05) is 13.0 Å². The van der Waals surface area contributed by atoms with Gasteiger partial charge in [0.2, 0.25) is 5.91 Å². The maximum Gasteiger partial charge on any atom is 0.243 e. The molecule has 0 atom stereocenters. The van der Waals surface area contributed by atoms with Gasteiger partial charge in [0, 0.05) is 16.8 Å². The fraction of sp³-hybridized carbons (Fsp3) is 0.176. The molecule has 0 unspecified atom stereocenters. The maximum atomic E-state index is 12.1. The number of carbonyl (C=O) groups excluding carboxylic acids is 1. The third kappa shape index (κ3) is 4.38. The summed E-state index contributed by atoms with van der Waals surface area (Å²) in [4.78, 5) is 12.1. The number of ether oxygens (including phenoxy) is 1. The lowest BCUT2D eigenvalue weighted by molar-refractivity contribution is -0.114. The number of hydrogen-bond acceptors (Lipinski definition) is 4. The first-order valence-electron chi connectivity index (χ1n) is 6.91. The highest BCUT2D eigenvalue weighted by Crippen LogP contribution is 2.30. The fourth-order valence-electron chi connectivity index (χ4n) is 1.97. The van der Waals surface area contributed by atoms with Crippen LogP contribution in [0.3, 0.4) is 0 Å². The number of methoxy groups -OCH3 is 1. The second kappa shape index (κ2) is 7.52. The van der Waals surface area contributed by atoms with E-state index in [1.165, 1.54) is 7.11 Å². The summed E-state index contributed by atoms with van der Waals surface area (Å²) >= 11 is 6.04. The first kappa shape index (κ1) is 16.7. The van der Waals surface area contributed by atoms with Crippen LogP contribution < -0.4 is 15.4 Å². The Kier molecular flexibility index (Phi) is 5.45. The molecule has 2 aromatic rings. The first-order chi connectivity index (χ1) is 11.0. The van der Waals surface area contributed by atoms with Crippen LogP contribution >= 0.6 is 11.6 Å². The second-order valence-corrected chi connectivity index (χ2v) is 5.30. The molecule has 0 aromatic heterocycles. The minimum absolute atomic E-state index is 0.0940. The smallest absolute Gasteiger partial charge is 0.243 e. The van der Waals surface area contributed by atoms with Crippen LogP contribution in [0.5, 0.6) is 5.75 Å². The summed E-state index contributed by atoms with van der Waals surface area (Å²) in [5.74, 6) is 0.293. The molecule has 5 nitrogen and oxygen atoms in total. The Labute approximate surface area is 139 Å². The zero-order chi connectivity index (χ0) is 16.8. The van der Waals surface area contributed by atoms with Gasteiger partial charge in [0.25, 0.3) is 0 Å². The van der Waals surface area contributed by atoms with Crippen molar-refractivity contribution in [3.63, 3.8) is 0 Å². The highest BCUT2D eigenvalue weighted by atomic mass is 35.5. The van der Waals surface area contributed by atoms with Crippen molar-refractivity contribution in [2.45, 2.75) is 6.92 Å². The van der Waals surface area contributed by atoms with Crippen LogP contribution in [0.1, 0.15) is 11.1 Å². The van der Waals surface area contributed by atoms with Crippen molar-refractivity contribution in [1.29, 1.82) is 5.26 Å². The molecule has 0 fully saturated rings. The number of hydrogen-bond donors (Lipinski definition) is 2. The van der Waals surface area contributed by atoms with E-state index in [-0.39, 0.29) is 12.5 Å². The summed E-state index contributed by atoms with van der Waals surface area (Å²) in [6.45, 7) is 1.95. The highest BCUT2D eigenvalue weighted by Gasteiger charge is 2.10. The van der Waals surface area contributed by atoms with E-state index in [2.05, 4.69) is 10.6 Å². The Morgan fingerprint density at radius 3 is 2.61 bits per heavy atom. The molecule has 23 heavy (non-hydrogen) atoms. The van der Waals surface area contributed by atoms with Crippen molar-refractivity contribution < 1.29 is 9.53 Å². The molecule has 0 saturated heterocycles. The third-order valence-electron chi connectivity index (χ3n) is 3.22. The van der Waals surface area contributed by atoms with Gasteiger partial charge in [-0.15, -0.1) is 0 Å². The monoisotopic (exact) mass is 329 g/mol. The predicted molar refractivity (Wildman–Crippen MR) is 91.0 cm³/mol. The van der Waals surface area contributed by atoms with Crippen LogP contribution in [-0.2, 0) is 4.79 Å². The van der Waals surface area contributed by atoms with Crippen molar-refractivity contribution in [2.24, 2.45) is 0 Å². The Balaban J connectivity index is 1.99. The van der Waals surface area contributed by atoms with Crippen molar-refractivity contribution in [2.75, 3.05) is 24.3 Å². The van der Waals surface area contributed by atoms with Gasteiger partial charge in [0.1, 0.15) is 5.75 Å². The molecular formula is C17H16ClN3O2. The molecule has 0 saturated carbocycles. The predicted octanol–water partition coefficient (Wildman–Crippen LogP) is 3.58. The number of halogens is 1. The van der Waals surface area contributed by atoms with Crippen molar-refractivity contribution in [3.05, 3.63) is 52.5 Å². The van der Waals surface area contributed by atoms with Crippen LogP contribution in [-0.4, -0.2) is 19.6 Å². The van der Waals surface area contributed by atoms with Crippen molar-refractivity contribution in [1.82, 2.24) is 0 Å². The van der Waals surface area contributed by atoms with Crippen LogP contribution in [0.15, 0.2) is 36.4 Å². The molecule has 0 aliphatic carbocycles. The molecule has 2 N–H and O–H groups in total. The third-order valence-corrected chi connectivity index (χ3v) is 3.63. The van der Waals surface area contributed by atoms with Crippen LogP contribution in [0, 0.1) is 18.3 Å². The highest BCUT2D eigenvalue weighted by molar-refractivity contribution is 6.31. The average molecular weight is 330 g/mol. The zero-order valence-corrected chi connectivity index (χ0v) is 13.6. The largest absolute Gasteiger partial charge is 0.495 e. The minimum atomic E-state index is -0.214. The van der Waals surface area contributed by atoms with Crippen LogP contribution in [0.4, 0.5) is 11.4 Å². The van der Waals surface area contributed by atoms with E-state index >= 15 is 0 Å². The molecule has 6 heteroatoms. The normalized spacial score (nSPS) is 9.83. The van der Waals surface area contributed by atoms with Crippen LogP contribution in [0.2, 0.25) is 5.02 Å². The standard InChI is InChI=1S/C17H16ClN3O2/c1-11-7-15(16(23-2)8-14(11)18)21-17(22)10-20-13-5-3-12(9-19)4-6-13/h3-8,20H,10H2,1-2H3,(H,21,22). The molecule has 2 rings (SSSR count). The minimum Gasteiger partial charge on any atom is -0.495 e. The molecular weight excluding hydrogens is 314 g/mol. The van der Waals surface area contributed by atoms with Crippen LogP contribution in [0.25, 0.3) is 0 Å². The molecule has 0 spiro atoms. The van der Waals surface area contributed by atoms with Gasteiger partial charge in [0.15, 0.2) is 0 Å². The Hall–Kier alpha value is -2.71. The number of nitrogens with zero attached hydrogens (tertiary/aromatic N) is 1. The summed E-state index contributed by atoms with van der Waals surface area (Å²) in [5, 5.41) is 15.1. The van der Waals surface area contributed by atoms with Gasteiger partial charge in [-0.05, 0) is 42.8 Å². The van der Waals surface area contributed by atoms with Crippen molar-refractivity contribution >= 4 is 28.9 Å². The SMILES string of the molecule is COc1cc(Cl)c(C)cc1NC(=O)CNc1ccc(C#N)cc1. The zero-order valence-electron chi connectivity index (χ0n) is 12.8. The van der Waals surface area contributed by atoms with E-state index in [0.29, 0.717) is 22.0 Å². The number of carbonyl (C=O) groups is 1. The molecule has 0 aliphatic rings. The molecule has 0 bridgehead atoms. The number of nitrogens with one attached hydrogen (secondary N) is 2. The van der Waals surface area contributed by atoms with Gasteiger partial charge in [-0.2, -0.15) is 5.26 Å². The molecule has 0 heterocycles. The molecule has 0 aliphatic heterocycles. The number of aryl methyl sites for hydroxylation is 1.